The van der Waals surface area contributed by atoms with Gasteiger partial charge in [-0.1, -0.05) is 36.4 Å². The fourth-order valence-electron chi connectivity index (χ4n) is 2.03. The van der Waals surface area contributed by atoms with Gasteiger partial charge in [0.1, 0.15) is 6.33 Å². The van der Waals surface area contributed by atoms with Crippen LogP contribution in [-0.4, -0.2) is 56.0 Å². The van der Waals surface area contributed by atoms with E-state index < -0.39 is 11.9 Å². The number of carboxylic acid groups (broad SMARTS) is 1. The molecule has 0 aliphatic heterocycles. The number of hydrogen-bond donors (Lipinski definition) is 1. The van der Waals surface area contributed by atoms with Crippen LogP contribution < -0.4 is 0 Å². The molecule has 0 spiro atoms. The van der Waals surface area contributed by atoms with Gasteiger partial charge in [0, 0.05) is 19.3 Å². The van der Waals surface area contributed by atoms with Gasteiger partial charge in [-0.2, -0.15) is 0 Å². The molecule has 1 heterocycles. The predicted molar refractivity (Wildman–Crippen MR) is 91.3 cm³/mol. The lowest BCUT2D eigenvalue weighted by Gasteiger charge is -2.19. The molecule has 2 aromatic rings. The summed E-state index contributed by atoms with van der Waals surface area (Å²) in [6, 6.07) is 7.92. The fraction of sp³-hybridized carbons (Fsp3) is 0.375. The summed E-state index contributed by atoms with van der Waals surface area (Å²) in [5.74, 6) is -1.49. The molecule has 1 unspecified atom stereocenters. The van der Waals surface area contributed by atoms with E-state index in [1.807, 2.05) is 35.8 Å². The van der Waals surface area contributed by atoms with Crippen molar-refractivity contribution in [2.45, 2.75) is 19.0 Å². The quantitative estimate of drug-likeness (QED) is 0.768. The monoisotopic (exact) mass is 348 g/mol. The standard InChI is InChI=1S/C16H20N4O3S/c1-11-4-6-13(7-5-11)20-10-17-18-16(20)24-9-14(21)19(3)8-12(2)15(22)23/h4-7,10,12H,8-9H2,1-3H3,(H,22,23). The highest BCUT2D eigenvalue weighted by atomic mass is 32.2. The third-order valence-electron chi connectivity index (χ3n) is 3.55. The van der Waals surface area contributed by atoms with Crippen molar-refractivity contribution in [2.75, 3.05) is 19.3 Å². The van der Waals surface area contributed by atoms with Gasteiger partial charge >= 0.3 is 5.97 Å². The van der Waals surface area contributed by atoms with Crippen molar-refractivity contribution in [3.63, 3.8) is 0 Å². The molecule has 24 heavy (non-hydrogen) atoms. The van der Waals surface area contributed by atoms with Crippen LogP contribution in [0, 0.1) is 12.8 Å². The number of aromatic nitrogens is 3. The first-order valence-electron chi connectivity index (χ1n) is 7.45. The highest BCUT2D eigenvalue weighted by Crippen LogP contribution is 2.20. The third-order valence-corrected chi connectivity index (χ3v) is 4.48. The van der Waals surface area contributed by atoms with Crippen LogP contribution in [0.2, 0.25) is 0 Å². The number of amides is 1. The fourth-order valence-corrected chi connectivity index (χ4v) is 2.90. The second-order valence-corrected chi connectivity index (χ2v) is 6.56. The van der Waals surface area contributed by atoms with Crippen LogP contribution in [0.5, 0.6) is 0 Å². The van der Waals surface area contributed by atoms with Crippen molar-refractivity contribution < 1.29 is 14.7 Å². The maximum atomic E-state index is 12.1. The van der Waals surface area contributed by atoms with Gasteiger partial charge in [0.05, 0.1) is 11.7 Å². The molecule has 8 heteroatoms. The van der Waals surface area contributed by atoms with E-state index in [2.05, 4.69) is 10.2 Å². The van der Waals surface area contributed by atoms with Crippen molar-refractivity contribution in [1.82, 2.24) is 19.7 Å². The SMILES string of the molecule is Cc1ccc(-n2cnnc2SCC(=O)N(C)CC(C)C(=O)O)cc1. The summed E-state index contributed by atoms with van der Waals surface area (Å²) in [5, 5.41) is 17.5. The number of benzene rings is 1. The molecule has 0 aliphatic rings. The maximum Gasteiger partial charge on any atom is 0.308 e. The molecule has 128 valence electrons. The Morgan fingerprint density at radius 3 is 2.62 bits per heavy atom. The van der Waals surface area contributed by atoms with Gasteiger partial charge in [0.15, 0.2) is 5.16 Å². The van der Waals surface area contributed by atoms with Gasteiger partial charge in [-0.3, -0.25) is 14.2 Å². The summed E-state index contributed by atoms with van der Waals surface area (Å²) in [7, 11) is 1.60. The maximum absolute atomic E-state index is 12.1. The molecule has 2 rings (SSSR count). The molecule has 0 saturated heterocycles. The molecule has 0 radical (unpaired) electrons. The first kappa shape index (κ1) is 18.0. The van der Waals surface area contributed by atoms with Gasteiger partial charge < -0.3 is 10.0 Å². The molecule has 1 N–H and O–H groups in total. The number of thioether (sulfide) groups is 1. The smallest absolute Gasteiger partial charge is 0.308 e. The topological polar surface area (TPSA) is 88.3 Å². The van der Waals surface area contributed by atoms with Gasteiger partial charge in [0.2, 0.25) is 5.91 Å². The Bertz CT molecular complexity index is 714. The summed E-state index contributed by atoms with van der Waals surface area (Å²) in [4.78, 5) is 24.4. The summed E-state index contributed by atoms with van der Waals surface area (Å²) in [6.07, 6.45) is 1.60. The Hall–Kier alpha value is -2.35. The van der Waals surface area contributed by atoms with E-state index in [0.717, 1.165) is 11.3 Å². The van der Waals surface area contributed by atoms with Crippen molar-refractivity contribution >= 4 is 23.6 Å². The van der Waals surface area contributed by atoms with Crippen molar-refractivity contribution in [3.8, 4) is 5.69 Å². The number of aliphatic carboxylic acids is 1. The van der Waals surface area contributed by atoms with Crippen LogP contribution in [-0.2, 0) is 9.59 Å². The van der Waals surface area contributed by atoms with E-state index in [4.69, 9.17) is 5.11 Å². The predicted octanol–water partition coefficient (Wildman–Crippen LogP) is 1.85. The van der Waals surface area contributed by atoms with Crippen LogP contribution >= 0.6 is 11.8 Å². The van der Waals surface area contributed by atoms with Crippen LogP contribution in [0.25, 0.3) is 5.69 Å². The van der Waals surface area contributed by atoms with E-state index in [1.165, 1.54) is 16.7 Å². The van der Waals surface area contributed by atoms with Crippen LogP contribution in [0.3, 0.4) is 0 Å². The number of hydrogen-bond acceptors (Lipinski definition) is 5. The lowest BCUT2D eigenvalue weighted by Crippen LogP contribution is -2.34. The van der Waals surface area contributed by atoms with E-state index in [9.17, 15) is 9.59 Å². The molecule has 0 saturated carbocycles. The Kier molecular flexibility index (Phi) is 5.97. The molecule has 0 bridgehead atoms. The Labute approximate surface area is 144 Å². The van der Waals surface area contributed by atoms with Crippen LogP contribution in [0.1, 0.15) is 12.5 Å². The second kappa shape index (κ2) is 7.96. The highest BCUT2D eigenvalue weighted by Gasteiger charge is 2.18. The third kappa shape index (κ3) is 4.58. The Balaban J connectivity index is 1.98. The molecule has 0 fully saturated rings. The molecule has 1 amide bonds. The van der Waals surface area contributed by atoms with Crippen molar-refractivity contribution in [3.05, 3.63) is 36.2 Å². The lowest BCUT2D eigenvalue weighted by molar-refractivity contribution is -0.142. The zero-order valence-electron chi connectivity index (χ0n) is 13.8. The second-order valence-electron chi connectivity index (χ2n) is 5.62. The summed E-state index contributed by atoms with van der Waals surface area (Å²) < 4.78 is 1.82. The number of rotatable bonds is 7. The Morgan fingerprint density at radius 2 is 2.00 bits per heavy atom. The average molecular weight is 348 g/mol. The summed E-state index contributed by atoms with van der Waals surface area (Å²) >= 11 is 1.28. The minimum Gasteiger partial charge on any atom is -0.481 e. The van der Waals surface area contributed by atoms with Crippen molar-refractivity contribution in [2.24, 2.45) is 5.92 Å². The highest BCUT2D eigenvalue weighted by molar-refractivity contribution is 7.99. The number of carboxylic acids is 1. The molecular formula is C16H20N4O3S. The lowest BCUT2D eigenvalue weighted by atomic mass is 10.2. The summed E-state index contributed by atoms with van der Waals surface area (Å²) in [6.45, 7) is 3.77. The largest absolute Gasteiger partial charge is 0.481 e. The first-order valence-corrected chi connectivity index (χ1v) is 8.43. The first-order chi connectivity index (χ1) is 11.4. The molecular weight excluding hydrogens is 328 g/mol. The number of nitrogens with zero attached hydrogens (tertiary/aromatic N) is 4. The van der Waals surface area contributed by atoms with E-state index in [-0.39, 0.29) is 18.2 Å². The van der Waals surface area contributed by atoms with Gasteiger partial charge in [-0.25, -0.2) is 0 Å². The van der Waals surface area contributed by atoms with Gasteiger partial charge in [-0.05, 0) is 19.1 Å². The van der Waals surface area contributed by atoms with Crippen molar-refractivity contribution in [1.29, 1.82) is 0 Å². The molecule has 1 aromatic carbocycles. The minimum absolute atomic E-state index is 0.147. The molecule has 7 nitrogen and oxygen atoms in total. The zero-order chi connectivity index (χ0) is 17.7. The number of carbonyl (C=O) groups excluding carboxylic acids is 1. The molecule has 1 aromatic heterocycles. The van der Waals surface area contributed by atoms with Crippen LogP contribution in [0.15, 0.2) is 35.7 Å². The zero-order valence-corrected chi connectivity index (χ0v) is 14.7. The number of aryl methyl sites for hydroxylation is 1. The molecule has 1 atom stereocenters. The van der Waals surface area contributed by atoms with Crippen LogP contribution in [0.4, 0.5) is 0 Å². The normalized spacial score (nSPS) is 12.0. The van der Waals surface area contributed by atoms with Gasteiger partial charge in [0.25, 0.3) is 0 Å². The van der Waals surface area contributed by atoms with E-state index >= 15 is 0 Å². The minimum atomic E-state index is -0.915. The van der Waals surface area contributed by atoms with E-state index in [1.54, 1.807) is 20.3 Å². The van der Waals surface area contributed by atoms with E-state index in [0.29, 0.717) is 5.16 Å². The van der Waals surface area contributed by atoms with Gasteiger partial charge in [-0.15, -0.1) is 10.2 Å². The molecule has 0 aliphatic carbocycles. The average Bonchev–Trinajstić information content (AvgIpc) is 3.01. The summed E-state index contributed by atoms with van der Waals surface area (Å²) in [5.41, 5.74) is 2.08. The number of carbonyl (C=O) groups is 2. The Morgan fingerprint density at radius 1 is 1.33 bits per heavy atom.